The van der Waals surface area contributed by atoms with E-state index in [1.165, 1.54) is 0 Å². The second-order valence-corrected chi connectivity index (χ2v) is 4.25. The maximum Gasteiger partial charge on any atom is 0.278 e. The van der Waals surface area contributed by atoms with Gasteiger partial charge in [0.2, 0.25) is 0 Å². The van der Waals surface area contributed by atoms with Crippen LogP contribution in [0.4, 0.5) is 5.69 Å². The molecule has 0 saturated carbocycles. The molecular formula is C12H14N4O2. The van der Waals surface area contributed by atoms with Crippen molar-refractivity contribution < 1.29 is 4.92 Å². The average molecular weight is 246 g/mol. The Balaban J connectivity index is 2.44. The van der Waals surface area contributed by atoms with Crippen molar-refractivity contribution in [3.63, 3.8) is 0 Å². The van der Waals surface area contributed by atoms with Crippen molar-refractivity contribution >= 4 is 5.69 Å². The molecule has 0 aliphatic rings. The third-order valence-corrected chi connectivity index (χ3v) is 2.99. The SMILES string of the molecule is Cc1cnc(Cn2nccc2C)c(C)c1[N+](=O)[O-]. The molecule has 0 amide bonds. The summed E-state index contributed by atoms with van der Waals surface area (Å²) < 4.78 is 1.77. The fraction of sp³-hybridized carbons (Fsp3) is 0.333. The Hall–Kier alpha value is -2.24. The van der Waals surface area contributed by atoms with Gasteiger partial charge in [0.25, 0.3) is 5.69 Å². The van der Waals surface area contributed by atoms with E-state index < -0.39 is 0 Å². The first-order chi connectivity index (χ1) is 8.50. The van der Waals surface area contributed by atoms with Gasteiger partial charge in [-0.05, 0) is 26.8 Å². The van der Waals surface area contributed by atoms with Gasteiger partial charge in [-0.2, -0.15) is 5.10 Å². The Kier molecular flexibility index (Phi) is 3.10. The van der Waals surface area contributed by atoms with Gasteiger partial charge in [-0.15, -0.1) is 0 Å². The molecule has 94 valence electrons. The molecule has 0 N–H and O–H groups in total. The van der Waals surface area contributed by atoms with Crippen LogP contribution in [0.5, 0.6) is 0 Å². The first-order valence-electron chi connectivity index (χ1n) is 5.58. The van der Waals surface area contributed by atoms with E-state index in [1.54, 1.807) is 30.9 Å². The van der Waals surface area contributed by atoms with Crippen LogP contribution in [0, 0.1) is 30.9 Å². The molecule has 0 bridgehead atoms. The van der Waals surface area contributed by atoms with Gasteiger partial charge >= 0.3 is 0 Å². The molecule has 2 aromatic heterocycles. The molecule has 0 unspecified atom stereocenters. The molecule has 0 saturated heterocycles. The van der Waals surface area contributed by atoms with Crippen LogP contribution < -0.4 is 0 Å². The van der Waals surface area contributed by atoms with Gasteiger partial charge in [-0.3, -0.25) is 19.8 Å². The number of aryl methyl sites for hydroxylation is 2. The molecule has 0 aliphatic carbocycles. The lowest BCUT2D eigenvalue weighted by Gasteiger charge is -2.08. The lowest BCUT2D eigenvalue weighted by Crippen LogP contribution is -2.09. The summed E-state index contributed by atoms with van der Waals surface area (Å²) in [5.41, 5.74) is 3.01. The van der Waals surface area contributed by atoms with E-state index in [1.807, 2.05) is 13.0 Å². The van der Waals surface area contributed by atoms with Gasteiger partial charge in [-0.25, -0.2) is 0 Å². The van der Waals surface area contributed by atoms with Crippen LogP contribution in [0.1, 0.15) is 22.5 Å². The van der Waals surface area contributed by atoms with Crippen molar-refractivity contribution in [2.75, 3.05) is 0 Å². The Labute approximate surface area is 104 Å². The van der Waals surface area contributed by atoms with Crippen molar-refractivity contribution in [3.05, 3.63) is 51.1 Å². The quantitative estimate of drug-likeness (QED) is 0.614. The van der Waals surface area contributed by atoms with Gasteiger partial charge in [0.15, 0.2) is 0 Å². The minimum absolute atomic E-state index is 0.143. The minimum atomic E-state index is -0.355. The van der Waals surface area contributed by atoms with E-state index in [2.05, 4.69) is 10.1 Å². The number of aromatic nitrogens is 3. The fourth-order valence-electron chi connectivity index (χ4n) is 1.91. The summed E-state index contributed by atoms with van der Waals surface area (Å²) in [5, 5.41) is 15.2. The first kappa shape index (κ1) is 12.2. The number of hydrogen-bond donors (Lipinski definition) is 0. The number of hydrogen-bond acceptors (Lipinski definition) is 4. The lowest BCUT2D eigenvalue weighted by molar-refractivity contribution is -0.386. The molecule has 0 aromatic carbocycles. The number of nitrogens with zero attached hydrogens (tertiary/aromatic N) is 4. The zero-order chi connectivity index (χ0) is 13.3. The van der Waals surface area contributed by atoms with Gasteiger partial charge in [0.1, 0.15) is 0 Å². The van der Waals surface area contributed by atoms with Crippen LogP contribution >= 0.6 is 0 Å². The van der Waals surface area contributed by atoms with Gasteiger partial charge in [0.05, 0.1) is 22.7 Å². The number of rotatable bonds is 3. The summed E-state index contributed by atoms with van der Waals surface area (Å²) in [7, 11) is 0. The molecule has 2 rings (SSSR count). The van der Waals surface area contributed by atoms with Crippen LogP contribution in [0.2, 0.25) is 0 Å². The molecule has 0 fully saturated rings. The van der Waals surface area contributed by atoms with E-state index in [-0.39, 0.29) is 10.6 Å². The highest BCUT2D eigenvalue weighted by Gasteiger charge is 2.19. The molecule has 6 heteroatoms. The number of nitro groups is 1. The van der Waals surface area contributed by atoms with Crippen LogP contribution in [0.25, 0.3) is 0 Å². The second kappa shape index (κ2) is 4.56. The summed E-state index contributed by atoms with van der Waals surface area (Å²) in [5.74, 6) is 0. The molecule has 0 radical (unpaired) electrons. The van der Waals surface area contributed by atoms with Crippen molar-refractivity contribution in [3.8, 4) is 0 Å². The highest BCUT2D eigenvalue weighted by molar-refractivity contribution is 5.47. The maximum absolute atomic E-state index is 11.0. The zero-order valence-corrected chi connectivity index (χ0v) is 10.5. The van der Waals surface area contributed by atoms with Crippen molar-refractivity contribution in [1.29, 1.82) is 0 Å². The summed E-state index contributed by atoms with van der Waals surface area (Å²) in [6.07, 6.45) is 3.24. The van der Waals surface area contributed by atoms with Crippen LogP contribution in [0.15, 0.2) is 18.5 Å². The third kappa shape index (κ3) is 2.09. The van der Waals surface area contributed by atoms with E-state index in [9.17, 15) is 10.1 Å². The highest BCUT2D eigenvalue weighted by atomic mass is 16.6. The van der Waals surface area contributed by atoms with E-state index in [0.717, 1.165) is 5.69 Å². The minimum Gasteiger partial charge on any atom is -0.264 e. The number of pyridine rings is 1. The Morgan fingerprint density at radius 2 is 2.11 bits per heavy atom. The van der Waals surface area contributed by atoms with E-state index in [0.29, 0.717) is 23.4 Å². The summed E-state index contributed by atoms with van der Waals surface area (Å²) in [6, 6.07) is 1.89. The third-order valence-electron chi connectivity index (χ3n) is 2.99. The molecule has 0 aliphatic heterocycles. The monoisotopic (exact) mass is 246 g/mol. The molecule has 0 atom stereocenters. The molecule has 6 nitrogen and oxygen atoms in total. The van der Waals surface area contributed by atoms with E-state index >= 15 is 0 Å². The topological polar surface area (TPSA) is 73.8 Å². The smallest absolute Gasteiger partial charge is 0.264 e. The average Bonchev–Trinajstić information content (AvgIpc) is 2.68. The van der Waals surface area contributed by atoms with E-state index in [4.69, 9.17) is 0 Å². The van der Waals surface area contributed by atoms with Gasteiger partial charge in [-0.1, -0.05) is 0 Å². The van der Waals surface area contributed by atoms with Gasteiger partial charge < -0.3 is 0 Å². The molecular weight excluding hydrogens is 232 g/mol. The molecule has 0 spiro atoms. The normalized spacial score (nSPS) is 10.6. The van der Waals surface area contributed by atoms with Crippen molar-refractivity contribution in [2.45, 2.75) is 27.3 Å². The lowest BCUT2D eigenvalue weighted by atomic mass is 10.1. The van der Waals surface area contributed by atoms with Crippen LogP contribution in [-0.4, -0.2) is 19.7 Å². The highest BCUT2D eigenvalue weighted by Crippen LogP contribution is 2.24. The molecule has 2 heterocycles. The van der Waals surface area contributed by atoms with Crippen molar-refractivity contribution in [2.24, 2.45) is 0 Å². The Morgan fingerprint density at radius 1 is 1.39 bits per heavy atom. The molecule has 18 heavy (non-hydrogen) atoms. The van der Waals surface area contributed by atoms with Crippen LogP contribution in [-0.2, 0) is 6.54 Å². The standard InChI is InChI=1S/C12H14N4O2/c1-8-6-13-11(10(3)12(8)16(17)18)7-15-9(2)4-5-14-15/h4-6H,7H2,1-3H3. The predicted molar refractivity (Wildman–Crippen MR) is 66.4 cm³/mol. The predicted octanol–water partition coefficient (Wildman–Crippen LogP) is 2.16. The first-order valence-corrected chi connectivity index (χ1v) is 5.58. The molecule has 2 aromatic rings. The largest absolute Gasteiger partial charge is 0.278 e. The van der Waals surface area contributed by atoms with Gasteiger partial charge in [0, 0.05) is 23.7 Å². The fourth-order valence-corrected chi connectivity index (χ4v) is 1.91. The Morgan fingerprint density at radius 3 is 2.67 bits per heavy atom. The van der Waals surface area contributed by atoms with Crippen LogP contribution in [0.3, 0.4) is 0 Å². The summed E-state index contributed by atoms with van der Waals surface area (Å²) in [4.78, 5) is 14.9. The summed E-state index contributed by atoms with van der Waals surface area (Å²) in [6.45, 7) is 5.81. The maximum atomic E-state index is 11.0. The second-order valence-electron chi connectivity index (χ2n) is 4.25. The van der Waals surface area contributed by atoms with Crippen molar-refractivity contribution in [1.82, 2.24) is 14.8 Å². The summed E-state index contributed by atoms with van der Waals surface area (Å²) >= 11 is 0. The Bertz CT molecular complexity index is 604. The zero-order valence-electron chi connectivity index (χ0n) is 10.5.